The van der Waals surface area contributed by atoms with Gasteiger partial charge < -0.3 is 15.1 Å². The quantitative estimate of drug-likeness (QED) is 0.550. The Morgan fingerprint density at radius 3 is 2.61 bits per heavy atom. The van der Waals surface area contributed by atoms with Gasteiger partial charge in [0, 0.05) is 50.2 Å². The number of sulfone groups is 1. The van der Waals surface area contributed by atoms with E-state index in [0.29, 0.717) is 36.4 Å². The fourth-order valence-corrected chi connectivity index (χ4v) is 7.53. The Bertz CT molecular complexity index is 1420. The molecule has 1 spiro atoms. The highest BCUT2D eigenvalue weighted by Gasteiger charge is 2.60. The minimum absolute atomic E-state index is 0.283. The summed E-state index contributed by atoms with van der Waals surface area (Å²) in [4.78, 5) is 23.0. The maximum Gasteiger partial charge on any atom is 0.227 e. The molecule has 9 nitrogen and oxygen atoms in total. The second-order valence-electron chi connectivity index (χ2n) is 11.0. The van der Waals surface area contributed by atoms with Crippen LogP contribution in [-0.4, -0.2) is 65.0 Å². The molecule has 1 N–H and O–H groups in total. The number of pyridine rings is 2. The highest BCUT2D eigenvalue weighted by atomic mass is 32.2. The van der Waals surface area contributed by atoms with Crippen LogP contribution in [0, 0.1) is 5.92 Å². The molecule has 3 fully saturated rings. The van der Waals surface area contributed by atoms with Gasteiger partial charge in [-0.3, -0.25) is 0 Å². The van der Waals surface area contributed by atoms with E-state index in [1.165, 1.54) is 6.42 Å². The topological polar surface area (TPSA) is 104 Å². The number of rotatable bonds is 5. The van der Waals surface area contributed by atoms with Crippen LogP contribution in [0.2, 0.25) is 0 Å². The van der Waals surface area contributed by atoms with Crippen molar-refractivity contribution in [1.29, 1.82) is 0 Å². The van der Waals surface area contributed by atoms with Gasteiger partial charge in [0.05, 0.1) is 5.75 Å². The predicted octanol–water partition coefficient (Wildman–Crippen LogP) is 3.90. The summed E-state index contributed by atoms with van der Waals surface area (Å²) in [7, 11) is -2.97. The number of nitrogens with one attached hydrogen (secondary N) is 1. The van der Waals surface area contributed by atoms with Crippen molar-refractivity contribution >= 4 is 44.0 Å². The lowest BCUT2D eigenvalue weighted by Crippen LogP contribution is -2.72. The van der Waals surface area contributed by atoms with Gasteiger partial charge in [0.1, 0.15) is 22.2 Å². The van der Waals surface area contributed by atoms with Gasteiger partial charge in [-0.15, -0.1) is 0 Å². The first-order valence-corrected chi connectivity index (χ1v) is 14.5. The molecular formula is C26H33N7O2S. The summed E-state index contributed by atoms with van der Waals surface area (Å²) in [5.41, 5.74) is 1.14. The van der Waals surface area contributed by atoms with E-state index in [0.717, 1.165) is 54.0 Å². The number of hydrogen-bond acceptors (Lipinski definition) is 9. The first kappa shape index (κ1) is 23.4. The molecule has 0 saturated carbocycles. The van der Waals surface area contributed by atoms with Crippen molar-refractivity contribution in [2.45, 2.75) is 50.7 Å². The van der Waals surface area contributed by atoms with Crippen LogP contribution in [0.1, 0.15) is 51.5 Å². The second-order valence-corrected chi connectivity index (χ2v) is 13.5. The lowest BCUT2D eigenvalue weighted by molar-refractivity contribution is 0.373. The number of fused-ring (bicyclic) bond motifs is 1. The van der Waals surface area contributed by atoms with E-state index in [-0.39, 0.29) is 5.92 Å². The monoisotopic (exact) mass is 507 g/mol. The minimum Gasteiger partial charge on any atom is -0.353 e. The molecule has 10 heteroatoms. The fourth-order valence-electron chi connectivity index (χ4n) is 5.71. The van der Waals surface area contributed by atoms with Crippen molar-refractivity contribution < 1.29 is 8.42 Å². The first-order valence-electron chi connectivity index (χ1n) is 12.9. The number of nitrogens with zero attached hydrogens (tertiary/aromatic N) is 6. The average Bonchev–Trinajstić information content (AvgIpc) is 2.82. The van der Waals surface area contributed by atoms with E-state index in [4.69, 9.17) is 9.97 Å². The Hall–Kier alpha value is -3.01. The molecule has 36 heavy (non-hydrogen) atoms. The van der Waals surface area contributed by atoms with Gasteiger partial charge in [-0.1, -0.05) is 20.8 Å². The molecule has 0 bridgehead atoms. The maximum absolute atomic E-state index is 12.3. The number of hydrogen-bond donors (Lipinski definition) is 1. The van der Waals surface area contributed by atoms with Crippen LogP contribution in [0.25, 0.3) is 10.8 Å². The molecule has 1 atom stereocenters. The molecule has 6 heterocycles. The van der Waals surface area contributed by atoms with Crippen molar-refractivity contribution in [3.63, 3.8) is 0 Å². The van der Waals surface area contributed by atoms with Crippen LogP contribution in [0.3, 0.4) is 0 Å². The molecule has 3 aromatic heterocycles. The van der Waals surface area contributed by atoms with Crippen molar-refractivity contribution in [1.82, 2.24) is 19.9 Å². The van der Waals surface area contributed by atoms with E-state index in [1.54, 1.807) is 6.20 Å². The summed E-state index contributed by atoms with van der Waals surface area (Å²) in [5, 5.41) is 5.39. The molecule has 3 aromatic rings. The van der Waals surface area contributed by atoms with Gasteiger partial charge in [-0.25, -0.2) is 23.4 Å². The van der Waals surface area contributed by atoms with Crippen molar-refractivity contribution in [2.24, 2.45) is 5.92 Å². The average molecular weight is 508 g/mol. The summed E-state index contributed by atoms with van der Waals surface area (Å²) in [6.07, 6.45) is 8.72. The van der Waals surface area contributed by atoms with Gasteiger partial charge in [0.25, 0.3) is 0 Å². The fraction of sp³-hybridized carbons (Fsp3) is 0.538. The zero-order valence-corrected chi connectivity index (χ0v) is 21.9. The predicted molar refractivity (Wildman–Crippen MR) is 143 cm³/mol. The van der Waals surface area contributed by atoms with Crippen LogP contribution in [-0.2, 0) is 9.84 Å². The van der Waals surface area contributed by atoms with Gasteiger partial charge in [-0.2, -0.15) is 4.98 Å². The third kappa shape index (κ3) is 3.86. The Morgan fingerprint density at radius 2 is 1.92 bits per heavy atom. The molecule has 0 aliphatic carbocycles. The van der Waals surface area contributed by atoms with Crippen LogP contribution in [0.5, 0.6) is 0 Å². The summed E-state index contributed by atoms with van der Waals surface area (Å²) in [6.45, 7) is 9.56. The molecule has 3 aliphatic heterocycles. The maximum atomic E-state index is 12.3. The van der Waals surface area contributed by atoms with Crippen molar-refractivity contribution in [3.05, 3.63) is 36.3 Å². The van der Waals surface area contributed by atoms with Crippen LogP contribution in [0.4, 0.5) is 23.4 Å². The number of piperidine rings is 1. The molecule has 0 aromatic carbocycles. The van der Waals surface area contributed by atoms with Gasteiger partial charge in [-0.05, 0) is 54.2 Å². The molecule has 1 unspecified atom stereocenters. The van der Waals surface area contributed by atoms with Crippen LogP contribution in [0.15, 0.2) is 30.7 Å². The number of aromatic nitrogens is 4. The van der Waals surface area contributed by atoms with E-state index in [1.807, 2.05) is 18.5 Å². The molecule has 3 aliphatic rings. The lowest BCUT2D eigenvalue weighted by atomic mass is 9.93. The normalized spacial score (nSPS) is 22.5. The highest BCUT2D eigenvalue weighted by Crippen LogP contribution is 2.45. The van der Waals surface area contributed by atoms with Gasteiger partial charge in [0.15, 0.2) is 9.84 Å². The Balaban J connectivity index is 1.29. The SMILES string of the molecule is CC1CCCN(c2nccc(Nc3cc4c(C(C)C)cnc(N5CC6(CCS6(=O)=O)C5)c4cn3)n2)C1. The lowest BCUT2D eigenvalue weighted by Gasteiger charge is -2.55. The summed E-state index contributed by atoms with van der Waals surface area (Å²) in [5.74, 6) is 4.21. The van der Waals surface area contributed by atoms with Crippen LogP contribution < -0.4 is 15.1 Å². The van der Waals surface area contributed by atoms with E-state index in [2.05, 4.69) is 51.9 Å². The zero-order chi connectivity index (χ0) is 25.1. The second kappa shape index (κ2) is 8.54. The molecule has 6 rings (SSSR count). The third-order valence-electron chi connectivity index (χ3n) is 7.99. The summed E-state index contributed by atoms with van der Waals surface area (Å²) < 4.78 is 24.0. The summed E-state index contributed by atoms with van der Waals surface area (Å²) in [6, 6.07) is 3.92. The van der Waals surface area contributed by atoms with E-state index in [9.17, 15) is 8.42 Å². The molecule has 190 valence electrons. The van der Waals surface area contributed by atoms with Crippen molar-refractivity contribution in [2.75, 3.05) is 47.0 Å². The summed E-state index contributed by atoms with van der Waals surface area (Å²) >= 11 is 0. The number of anilines is 4. The Labute approximate surface area is 212 Å². The Morgan fingerprint density at radius 1 is 1.08 bits per heavy atom. The minimum atomic E-state index is -2.97. The molecule has 0 radical (unpaired) electrons. The highest BCUT2D eigenvalue weighted by molar-refractivity contribution is 7.94. The smallest absolute Gasteiger partial charge is 0.227 e. The van der Waals surface area contributed by atoms with Gasteiger partial charge in [0.2, 0.25) is 5.95 Å². The molecular weight excluding hydrogens is 474 g/mol. The van der Waals surface area contributed by atoms with E-state index >= 15 is 0 Å². The van der Waals surface area contributed by atoms with Gasteiger partial charge >= 0.3 is 0 Å². The van der Waals surface area contributed by atoms with Crippen molar-refractivity contribution in [3.8, 4) is 0 Å². The largest absolute Gasteiger partial charge is 0.353 e. The third-order valence-corrected chi connectivity index (χ3v) is 10.5. The first-order chi connectivity index (χ1) is 17.2. The van der Waals surface area contributed by atoms with Crippen LogP contribution >= 0.6 is 0 Å². The standard InChI is InChI=1S/C26H33N7O2S/c1-17(2)20-12-29-24(33-15-26(16-33)7-10-36(26,34)35)21-13-28-23(11-19(20)21)30-22-6-8-27-25(31-22)32-9-4-5-18(3)14-32/h6,8,11-13,17-18H,4-5,7,9-10,14-16H2,1-3H3,(H,27,28,30,31). The van der Waals surface area contributed by atoms with E-state index < -0.39 is 14.6 Å². The zero-order valence-electron chi connectivity index (χ0n) is 21.1. The Kier molecular flexibility index (Phi) is 5.55. The molecule has 3 saturated heterocycles. The molecule has 0 amide bonds.